The molecule has 1 aliphatic heterocycles. The van der Waals surface area contributed by atoms with E-state index in [1.165, 1.54) is 0 Å². The van der Waals surface area contributed by atoms with Crippen LogP contribution in [0.4, 0.5) is 0 Å². The van der Waals surface area contributed by atoms with Gasteiger partial charge in [0.05, 0.1) is 0 Å². The molecule has 1 fully saturated rings. The van der Waals surface area contributed by atoms with Crippen LogP contribution in [0.3, 0.4) is 0 Å². The second-order valence-corrected chi connectivity index (χ2v) is 3.80. The van der Waals surface area contributed by atoms with Crippen LogP contribution in [-0.4, -0.2) is 19.3 Å². The summed E-state index contributed by atoms with van der Waals surface area (Å²) in [6, 6.07) is 0. The highest BCUT2D eigenvalue weighted by atomic mass is 16.5. The number of hydrogen-bond acceptors (Lipinski definition) is 2. The van der Waals surface area contributed by atoms with E-state index in [2.05, 4.69) is 20.4 Å². The standard InChI is InChI=1S/C10H18O2/c1-7(2)5-9-6-10(11-4)8(3)12-9/h7,9-10H,3,5-6H2,1-2,4H3. The Labute approximate surface area is 74.6 Å². The van der Waals surface area contributed by atoms with Gasteiger partial charge in [-0.25, -0.2) is 0 Å². The van der Waals surface area contributed by atoms with Crippen LogP contribution < -0.4 is 0 Å². The molecule has 1 rings (SSSR count). The van der Waals surface area contributed by atoms with Crippen LogP contribution in [0.25, 0.3) is 0 Å². The quantitative estimate of drug-likeness (QED) is 0.647. The molecule has 0 radical (unpaired) electrons. The Hall–Kier alpha value is -0.500. The van der Waals surface area contributed by atoms with E-state index in [-0.39, 0.29) is 6.10 Å². The average Bonchev–Trinajstić information content (AvgIpc) is 2.29. The molecule has 0 saturated carbocycles. The van der Waals surface area contributed by atoms with Gasteiger partial charge in [-0.15, -0.1) is 0 Å². The molecule has 70 valence electrons. The smallest absolute Gasteiger partial charge is 0.118 e. The van der Waals surface area contributed by atoms with Crippen LogP contribution in [0.15, 0.2) is 12.3 Å². The highest BCUT2D eigenvalue weighted by Crippen LogP contribution is 2.28. The molecule has 0 aliphatic carbocycles. The molecular formula is C10H18O2. The number of methoxy groups -OCH3 is 1. The Balaban J connectivity index is 2.38. The molecule has 1 saturated heterocycles. The minimum absolute atomic E-state index is 0.119. The molecule has 0 spiro atoms. The van der Waals surface area contributed by atoms with Gasteiger partial charge < -0.3 is 9.47 Å². The van der Waals surface area contributed by atoms with Gasteiger partial charge in [-0.1, -0.05) is 20.4 Å². The van der Waals surface area contributed by atoms with Crippen molar-refractivity contribution >= 4 is 0 Å². The topological polar surface area (TPSA) is 18.5 Å². The van der Waals surface area contributed by atoms with Crippen LogP contribution in [0.5, 0.6) is 0 Å². The second kappa shape index (κ2) is 3.94. The molecule has 1 heterocycles. The summed E-state index contributed by atoms with van der Waals surface area (Å²) in [6.07, 6.45) is 2.50. The van der Waals surface area contributed by atoms with Crippen molar-refractivity contribution in [2.24, 2.45) is 5.92 Å². The maximum atomic E-state index is 5.56. The summed E-state index contributed by atoms with van der Waals surface area (Å²) in [5.74, 6) is 1.47. The lowest BCUT2D eigenvalue weighted by Crippen LogP contribution is -2.10. The zero-order valence-corrected chi connectivity index (χ0v) is 8.17. The molecule has 0 N–H and O–H groups in total. The fourth-order valence-corrected chi connectivity index (χ4v) is 1.61. The SMILES string of the molecule is C=C1OC(CC(C)C)CC1OC. The lowest BCUT2D eigenvalue weighted by Gasteiger charge is -2.11. The van der Waals surface area contributed by atoms with Gasteiger partial charge in [0.15, 0.2) is 0 Å². The Kier molecular flexibility index (Phi) is 3.15. The van der Waals surface area contributed by atoms with Crippen molar-refractivity contribution in [3.8, 4) is 0 Å². The van der Waals surface area contributed by atoms with E-state index in [1.807, 2.05) is 0 Å². The fourth-order valence-electron chi connectivity index (χ4n) is 1.61. The number of ether oxygens (including phenoxy) is 2. The fraction of sp³-hybridized carbons (Fsp3) is 0.800. The Morgan fingerprint density at radius 2 is 2.33 bits per heavy atom. The van der Waals surface area contributed by atoms with E-state index in [1.54, 1.807) is 7.11 Å². The van der Waals surface area contributed by atoms with Crippen LogP contribution in [-0.2, 0) is 9.47 Å². The molecule has 12 heavy (non-hydrogen) atoms. The summed E-state index contributed by atoms with van der Waals surface area (Å²) in [4.78, 5) is 0. The zero-order chi connectivity index (χ0) is 9.14. The third kappa shape index (κ3) is 2.24. The molecule has 2 atom stereocenters. The van der Waals surface area contributed by atoms with Gasteiger partial charge in [0.2, 0.25) is 0 Å². The first-order valence-corrected chi connectivity index (χ1v) is 4.51. The summed E-state index contributed by atoms with van der Waals surface area (Å²) in [6.45, 7) is 8.22. The van der Waals surface area contributed by atoms with Crippen molar-refractivity contribution in [1.82, 2.24) is 0 Å². The van der Waals surface area contributed by atoms with Crippen LogP contribution >= 0.6 is 0 Å². The third-order valence-electron chi connectivity index (χ3n) is 2.17. The van der Waals surface area contributed by atoms with Crippen LogP contribution in [0.1, 0.15) is 26.7 Å². The van der Waals surface area contributed by atoms with Crippen molar-refractivity contribution in [1.29, 1.82) is 0 Å². The maximum Gasteiger partial charge on any atom is 0.118 e. The third-order valence-corrected chi connectivity index (χ3v) is 2.17. The average molecular weight is 170 g/mol. The lowest BCUT2D eigenvalue weighted by molar-refractivity contribution is 0.121. The monoisotopic (exact) mass is 170 g/mol. The van der Waals surface area contributed by atoms with Gasteiger partial charge in [0, 0.05) is 13.5 Å². The van der Waals surface area contributed by atoms with Gasteiger partial charge in [-0.2, -0.15) is 0 Å². The summed E-state index contributed by atoms with van der Waals surface area (Å²) in [7, 11) is 1.71. The molecule has 0 aromatic rings. The maximum absolute atomic E-state index is 5.56. The first kappa shape index (κ1) is 9.59. The molecule has 2 nitrogen and oxygen atoms in total. The molecule has 0 amide bonds. The van der Waals surface area contributed by atoms with E-state index in [4.69, 9.17) is 9.47 Å². The highest BCUT2D eigenvalue weighted by Gasteiger charge is 2.29. The first-order valence-electron chi connectivity index (χ1n) is 4.51. The van der Waals surface area contributed by atoms with Crippen molar-refractivity contribution in [3.63, 3.8) is 0 Å². The molecule has 0 aromatic heterocycles. The Bertz CT molecular complexity index is 163. The van der Waals surface area contributed by atoms with E-state index < -0.39 is 0 Å². The van der Waals surface area contributed by atoms with E-state index in [0.717, 1.165) is 18.6 Å². The summed E-state index contributed by atoms with van der Waals surface area (Å²) < 4.78 is 10.8. The summed E-state index contributed by atoms with van der Waals surface area (Å²) >= 11 is 0. The lowest BCUT2D eigenvalue weighted by atomic mass is 10.0. The molecule has 0 aromatic carbocycles. The molecule has 2 heteroatoms. The number of hydrogen-bond donors (Lipinski definition) is 0. The van der Waals surface area contributed by atoms with Gasteiger partial charge in [0.1, 0.15) is 18.0 Å². The normalized spacial score (nSPS) is 29.5. The molecule has 0 bridgehead atoms. The Morgan fingerprint density at radius 3 is 2.75 bits per heavy atom. The zero-order valence-electron chi connectivity index (χ0n) is 8.17. The van der Waals surface area contributed by atoms with E-state index in [0.29, 0.717) is 12.0 Å². The van der Waals surface area contributed by atoms with Crippen LogP contribution in [0, 0.1) is 5.92 Å². The second-order valence-electron chi connectivity index (χ2n) is 3.80. The molecule has 1 aliphatic rings. The summed E-state index contributed by atoms with van der Waals surface area (Å²) in [5.41, 5.74) is 0. The predicted octanol–water partition coefficient (Wildman–Crippen LogP) is 2.35. The van der Waals surface area contributed by atoms with Gasteiger partial charge in [-0.3, -0.25) is 0 Å². The van der Waals surface area contributed by atoms with Crippen molar-refractivity contribution < 1.29 is 9.47 Å². The van der Waals surface area contributed by atoms with E-state index >= 15 is 0 Å². The van der Waals surface area contributed by atoms with Crippen molar-refractivity contribution in [2.75, 3.05) is 7.11 Å². The van der Waals surface area contributed by atoms with Crippen molar-refractivity contribution in [2.45, 2.75) is 38.9 Å². The molecule has 2 unspecified atom stereocenters. The minimum atomic E-state index is 0.119. The molecular weight excluding hydrogens is 152 g/mol. The number of rotatable bonds is 3. The summed E-state index contributed by atoms with van der Waals surface area (Å²) in [5, 5.41) is 0. The van der Waals surface area contributed by atoms with Gasteiger partial charge >= 0.3 is 0 Å². The predicted molar refractivity (Wildman–Crippen MR) is 48.9 cm³/mol. The van der Waals surface area contributed by atoms with Crippen molar-refractivity contribution in [3.05, 3.63) is 12.3 Å². The first-order chi connectivity index (χ1) is 5.63. The van der Waals surface area contributed by atoms with Gasteiger partial charge in [-0.05, 0) is 12.3 Å². The minimum Gasteiger partial charge on any atom is -0.493 e. The Morgan fingerprint density at radius 1 is 1.67 bits per heavy atom. The highest BCUT2D eigenvalue weighted by molar-refractivity contribution is 5.00. The van der Waals surface area contributed by atoms with E-state index in [9.17, 15) is 0 Å². The largest absolute Gasteiger partial charge is 0.493 e. The van der Waals surface area contributed by atoms with Crippen LogP contribution in [0.2, 0.25) is 0 Å². The van der Waals surface area contributed by atoms with Gasteiger partial charge in [0.25, 0.3) is 0 Å².